The second-order valence-corrected chi connectivity index (χ2v) is 9.97. The van der Waals surface area contributed by atoms with Crippen molar-refractivity contribution >= 4 is 12.0 Å². The largest absolute Gasteiger partial charge is 0.497 e. The van der Waals surface area contributed by atoms with Crippen molar-refractivity contribution in [2.24, 2.45) is 0 Å². The predicted octanol–water partition coefficient (Wildman–Crippen LogP) is 8.10. The number of benzene rings is 1. The van der Waals surface area contributed by atoms with Crippen molar-refractivity contribution < 1.29 is 19.4 Å². The average molecular weight is 623 g/mol. The van der Waals surface area contributed by atoms with E-state index in [2.05, 4.69) is 69.4 Å². The Morgan fingerprint density at radius 2 is 1.69 bits per heavy atom. The number of hydrogen-bond donors (Lipinski definition) is 1. The predicted molar refractivity (Wildman–Crippen MR) is 196 cm³/mol. The zero-order chi connectivity index (χ0) is 34.9. The van der Waals surface area contributed by atoms with Gasteiger partial charge < -0.3 is 24.4 Å². The molecule has 1 heterocycles. The highest BCUT2D eigenvalue weighted by Gasteiger charge is 2.20. The Morgan fingerprint density at radius 1 is 1.07 bits per heavy atom. The van der Waals surface area contributed by atoms with Gasteiger partial charge in [0.15, 0.2) is 0 Å². The van der Waals surface area contributed by atoms with Gasteiger partial charge >= 0.3 is 0 Å². The number of amides is 1. The van der Waals surface area contributed by atoms with E-state index in [0.29, 0.717) is 18.9 Å². The number of rotatable bonds is 12. The lowest BCUT2D eigenvalue weighted by Crippen LogP contribution is -2.39. The molecule has 1 amide bonds. The third-order valence-electron chi connectivity index (χ3n) is 6.59. The average Bonchev–Trinajstić information content (AvgIpc) is 3.07. The molecular weight excluding hydrogens is 560 g/mol. The molecule has 0 saturated carbocycles. The van der Waals surface area contributed by atoms with Gasteiger partial charge in [0, 0.05) is 39.9 Å². The zero-order valence-corrected chi connectivity index (χ0v) is 29.7. The molecule has 2 rings (SSSR count). The molecule has 1 unspecified atom stereocenters. The first-order valence-electron chi connectivity index (χ1n) is 15.5. The third-order valence-corrected chi connectivity index (χ3v) is 6.59. The summed E-state index contributed by atoms with van der Waals surface area (Å²) < 4.78 is 9.57. The number of aliphatic hydroxyl groups is 1. The standard InChI is InChI=1S/C16H21NO2.C14H25N.C6H10O.C2H2.CH4O/c1-14(12-15-8-5-4-6-9-15)13-17(2)16(18)10-7-11-19-3;1-4-9-13(5-2)12-14-10-7-8-11-15(14)6-3;1-4-5-6(2)7-3;2*1-2/h4-10,12H,11,13H2,1-3H3;4-5,9,14H,6-8,10-12H2,1-3H3;4-5H,2H2,1,3H3;1-2H;2H,1H3/b10-7+,14-12+;9-4-,13-5+;5-4-;;. The summed E-state index contributed by atoms with van der Waals surface area (Å²) in [5.41, 5.74) is 3.78. The van der Waals surface area contributed by atoms with Crippen molar-refractivity contribution in [2.45, 2.75) is 66.3 Å². The molecule has 45 heavy (non-hydrogen) atoms. The van der Waals surface area contributed by atoms with Gasteiger partial charge in [0.2, 0.25) is 5.91 Å². The molecule has 1 fully saturated rings. The fraction of sp³-hybridized carbons (Fsp3) is 0.462. The maximum absolute atomic E-state index is 11.8. The van der Waals surface area contributed by atoms with E-state index in [0.717, 1.165) is 24.3 Å². The van der Waals surface area contributed by atoms with E-state index in [4.69, 9.17) is 14.6 Å². The molecule has 1 aliphatic heterocycles. The summed E-state index contributed by atoms with van der Waals surface area (Å²) >= 11 is 0. The topological polar surface area (TPSA) is 62.2 Å². The molecule has 0 spiro atoms. The summed E-state index contributed by atoms with van der Waals surface area (Å²) in [6.07, 6.45) is 29.1. The molecule has 1 aliphatic rings. The number of carbonyl (C=O) groups is 1. The number of carbonyl (C=O) groups excluding carboxylic acids is 1. The molecule has 0 aliphatic carbocycles. The number of hydrogen-bond acceptors (Lipinski definition) is 5. The normalized spacial score (nSPS) is 15.0. The number of methoxy groups -OCH3 is 2. The van der Waals surface area contributed by atoms with Crippen LogP contribution in [0.2, 0.25) is 0 Å². The molecule has 6 heteroatoms. The minimum atomic E-state index is -0.0159. The lowest BCUT2D eigenvalue weighted by atomic mass is 9.95. The van der Waals surface area contributed by atoms with Crippen LogP contribution < -0.4 is 0 Å². The van der Waals surface area contributed by atoms with E-state index in [-0.39, 0.29) is 5.91 Å². The van der Waals surface area contributed by atoms with Crippen LogP contribution in [0.5, 0.6) is 0 Å². The second kappa shape index (κ2) is 33.3. The van der Waals surface area contributed by atoms with Gasteiger partial charge in [0.25, 0.3) is 0 Å². The van der Waals surface area contributed by atoms with Crippen molar-refractivity contribution in [1.29, 1.82) is 0 Å². The van der Waals surface area contributed by atoms with Crippen molar-refractivity contribution in [3.05, 3.63) is 102 Å². The number of nitrogens with zero attached hydrogens (tertiary/aromatic N) is 2. The fourth-order valence-corrected chi connectivity index (χ4v) is 4.43. The van der Waals surface area contributed by atoms with Gasteiger partial charge in [0.1, 0.15) is 5.76 Å². The number of ether oxygens (including phenoxy) is 2. The van der Waals surface area contributed by atoms with E-state index in [1.807, 2.05) is 50.3 Å². The lowest BCUT2D eigenvalue weighted by Gasteiger charge is -2.35. The molecule has 0 bridgehead atoms. The molecule has 0 radical (unpaired) electrons. The number of terminal acetylenes is 1. The van der Waals surface area contributed by atoms with Gasteiger partial charge in [-0.3, -0.25) is 4.79 Å². The van der Waals surface area contributed by atoms with Crippen LogP contribution in [0.15, 0.2) is 96.3 Å². The van der Waals surface area contributed by atoms with Crippen LogP contribution in [0, 0.1) is 12.8 Å². The third kappa shape index (κ3) is 25.4. The molecule has 252 valence electrons. The van der Waals surface area contributed by atoms with Crippen LogP contribution in [-0.2, 0) is 14.3 Å². The summed E-state index contributed by atoms with van der Waals surface area (Å²) in [5.74, 6) is 0.681. The van der Waals surface area contributed by atoms with E-state index < -0.39 is 0 Å². The SMILES string of the molecule is C#C.C/C=C\C(=C/C)CC1CCCCN1CC.C=C(/C=C\C)OC.CO.COC/C=C/C(=O)N(C)C/C(C)=C/c1ccccc1. The van der Waals surface area contributed by atoms with Gasteiger partial charge in [-0.15, -0.1) is 12.8 Å². The van der Waals surface area contributed by atoms with Crippen LogP contribution in [0.1, 0.15) is 65.9 Å². The molecule has 0 aromatic heterocycles. The maximum Gasteiger partial charge on any atom is 0.246 e. The van der Waals surface area contributed by atoms with Crippen LogP contribution in [-0.4, -0.2) is 81.5 Å². The number of piperidine rings is 1. The summed E-state index contributed by atoms with van der Waals surface area (Å²) in [6, 6.07) is 10.9. The Bertz CT molecular complexity index is 1040. The number of likely N-dealkylation sites (N-methyl/N-ethyl adjacent to an activating group) is 1. The number of allylic oxidation sites excluding steroid dienone is 5. The fourth-order valence-electron chi connectivity index (χ4n) is 4.43. The Labute approximate surface area is 276 Å². The first kappa shape index (κ1) is 45.8. The number of aliphatic hydroxyl groups excluding tert-OH is 1. The molecular formula is C39H62N2O4. The highest BCUT2D eigenvalue weighted by atomic mass is 16.5. The van der Waals surface area contributed by atoms with Crippen LogP contribution in [0.4, 0.5) is 0 Å². The van der Waals surface area contributed by atoms with Crippen LogP contribution in [0.3, 0.4) is 0 Å². The summed E-state index contributed by atoms with van der Waals surface area (Å²) in [5, 5.41) is 7.00. The minimum Gasteiger partial charge on any atom is -0.497 e. The monoisotopic (exact) mass is 622 g/mol. The molecule has 1 N–H and O–H groups in total. The summed E-state index contributed by atoms with van der Waals surface area (Å²) in [6.45, 7) is 17.6. The van der Waals surface area contributed by atoms with Crippen molar-refractivity contribution in [3.63, 3.8) is 0 Å². The van der Waals surface area contributed by atoms with Gasteiger partial charge in [-0.2, -0.15) is 0 Å². The molecule has 1 atom stereocenters. The molecule has 6 nitrogen and oxygen atoms in total. The lowest BCUT2D eigenvalue weighted by molar-refractivity contribution is -0.124. The van der Waals surface area contributed by atoms with Gasteiger partial charge in [0.05, 0.1) is 13.7 Å². The van der Waals surface area contributed by atoms with Crippen molar-refractivity contribution in [1.82, 2.24) is 9.80 Å². The highest BCUT2D eigenvalue weighted by Crippen LogP contribution is 2.22. The smallest absolute Gasteiger partial charge is 0.246 e. The van der Waals surface area contributed by atoms with Crippen molar-refractivity contribution in [2.75, 3.05) is 54.6 Å². The van der Waals surface area contributed by atoms with Crippen molar-refractivity contribution in [3.8, 4) is 12.8 Å². The van der Waals surface area contributed by atoms with E-state index in [1.54, 1.807) is 44.4 Å². The molecule has 1 aromatic rings. The molecule has 1 aromatic carbocycles. The van der Waals surface area contributed by atoms with Gasteiger partial charge in [-0.1, -0.05) is 97.9 Å². The second-order valence-electron chi connectivity index (χ2n) is 9.97. The van der Waals surface area contributed by atoms with Gasteiger partial charge in [-0.25, -0.2) is 0 Å². The Balaban J connectivity index is -0.000000603. The van der Waals surface area contributed by atoms with E-state index in [1.165, 1.54) is 44.3 Å². The Hall–Kier alpha value is -3.63. The minimum absolute atomic E-state index is 0.0159. The molecule has 1 saturated heterocycles. The van der Waals surface area contributed by atoms with Crippen LogP contribution >= 0.6 is 0 Å². The maximum atomic E-state index is 11.8. The Kier molecular flexibility index (Phi) is 33.9. The first-order valence-corrected chi connectivity index (χ1v) is 15.5. The quantitative estimate of drug-likeness (QED) is 0.110. The summed E-state index contributed by atoms with van der Waals surface area (Å²) in [4.78, 5) is 16.1. The van der Waals surface area contributed by atoms with Gasteiger partial charge in [-0.05, 0) is 71.7 Å². The van der Waals surface area contributed by atoms with E-state index >= 15 is 0 Å². The highest BCUT2D eigenvalue weighted by molar-refractivity contribution is 5.87. The first-order chi connectivity index (χ1) is 21.8. The van der Waals surface area contributed by atoms with E-state index in [9.17, 15) is 4.79 Å². The summed E-state index contributed by atoms with van der Waals surface area (Å²) in [7, 11) is 6.00. The zero-order valence-electron chi connectivity index (χ0n) is 29.7. The number of likely N-dealkylation sites (tertiary alicyclic amines) is 1. The van der Waals surface area contributed by atoms with Crippen LogP contribution in [0.25, 0.3) is 6.08 Å². The Morgan fingerprint density at radius 3 is 2.18 bits per heavy atom.